The molecule has 0 bridgehead atoms. The molecule has 1 amide bonds. The maximum Gasteiger partial charge on any atom is 0.339 e. The lowest BCUT2D eigenvalue weighted by Crippen LogP contribution is -2.36. The van der Waals surface area contributed by atoms with Crippen molar-refractivity contribution in [2.24, 2.45) is 0 Å². The molecule has 3 aromatic carbocycles. The van der Waals surface area contributed by atoms with Crippen molar-refractivity contribution in [3.8, 4) is 5.75 Å². The van der Waals surface area contributed by atoms with Crippen molar-refractivity contribution in [2.75, 3.05) is 6.61 Å². The predicted molar refractivity (Wildman–Crippen MR) is 120 cm³/mol. The van der Waals surface area contributed by atoms with Crippen molar-refractivity contribution >= 4 is 23.5 Å². The van der Waals surface area contributed by atoms with Crippen LogP contribution in [0.4, 0.5) is 0 Å². The van der Waals surface area contributed by atoms with Gasteiger partial charge in [0.25, 0.3) is 5.91 Å². The van der Waals surface area contributed by atoms with Crippen molar-refractivity contribution in [1.82, 2.24) is 4.90 Å². The summed E-state index contributed by atoms with van der Waals surface area (Å²) in [4.78, 5) is 26.4. The summed E-state index contributed by atoms with van der Waals surface area (Å²) in [5.41, 5.74) is 3.04. The number of ether oxygens (including phenoxy) is 1. The first-order valence-corrected chi connectivity index (χ1v) is 10.3. The zero-order valence-corrected chi connectivity index (χ0v) is 18.2. The van der Waals surface area contributed by atoms with Crippen LogP contribution in [0.25, 0.3) is 0 Å². The predicted octanol–water partition coefficient (Wildman–Crippen LogP) is 5.52. The Bertz CT molecular complexity index is 1050. The molecule has 3 aromatic rings. The summed E-state index contributed by atoms with van der Waals surface area (Å²) in [6.07, 6.45) is 0. The highest BCUT2D eigenvalue weighted by Gasteiger charge is 2.24. The maximum absolute atomic E-state index is 13.2. The van der Waals surface area contributed by atoms with E-state index in [0.29, 0.717) is 6.54 Å². The van der Waals surface area contributed by atoms with Gasteiger partial charge in [0.05, 0.1) is 11.1 Å². The number of para-hydroxylation sites is 1. The van der Waals surface area contributed by atoms with Crippen LogP contribution in [0.15, 0.2) is 72.8 Å². The fourth-order valence-electron chi connectivity index (χ4n) is 3.28. The Morgan fingerprint density at radius 1 is 1.00 bits per heavy atom. The number of halogens is 1. The van der Waals surface area contributed by atoms with E-state index in [1.165, 1.54) is 18.2 Å². The van der Waals surface area contributed by atoms with Crippen LogP contribution in [-0.2, 0) is 11.3 Å². The first-order chi connectivity index (χ1) is 14.9. The third-order valence-electron chi connectivity index (χ3n) is 5.08. The van der Waals surface area contributed by atoms with Crippen molar-refractivity contribution in [1.29, 1.82) is 0 Å². The van der Waals surface area contributed by atoms with Crippen molar-refractivity contribution in [3.63, 3.8) is 0 Å². The van der Waals surface area contributed by atoms with E-state index in [0.717, 1.165) is 16.7 Å². The van der Waals surface area contributed by atoms with Gasteiger partial charge < -0.3 is 14.7 Å². The minimum Gasteiger partial charge on any atom is -0.481 e. The van der Waals surface area contributed by atoms with Gasteiger partial charge in [-0.2, -0.15) is 0 Å². The SMILES string of the molecule is Cc1ccc(CN(C(=O)COc2c(Cl)cccc2C(=O)O)[C@H](C)c2ccccc2)cc1. The number of amides is 1. The van der Waals surface area contributed by atoms with E-state index in [1.54, 1.807) is 4.90 Å². The van der Waals surface area contributed by atoms with E-state index in [4.69, 9.17) is 16.3 Å². The number of benzene rings is 3. The number of carboxylic acids is 1. The Labute approximate surface area is 186 Å². The molecule has 0 aliphatic carbocycles. The highest BCUT2D eigenvalue weighted by atomic mass is 35.5. The molecular weight excluding hydrogens is 414 g/mol. The molecule has 160 valence electrons. The molecule has 0 spiro atoms. The van der Waals surface area contributed by atoms with Crippen LogP contribution < -0.4 is 4.74 Å². The van der Waals surface area contributed by atoms with Gasteiger partial charge in [0.15, 0.2) is 12.4 Å². The third kappa shape index (κ3) is 5.64. The number of aryl methyl sites for hydroxylation is 1. The average molecular weight is 438 g/mol. The lowest BCUT2D eigenvalue weighted by atomic mass is 10.1. The maximum atomic E-state index is 13.2. The Morgan fingerprint density at radius 3 is 2.32 bits per heavy atom. The third-order valence-corrected chi connectivity index (χ3v) is 5.38. The van der Waals surface area contributed by atoms with Gasteiger partial charge in [0.2, 0.25) is 0 Å². The molecule has 5 nitrogen and oxygen atoms in total. The number of nitrogens with zero attached hydrogens (tertiary/aromatic N) is 1. The van der Waals surface area contributed by atoms with Gasteiger partial charge in [-0.3, -0.25) is 4.79 Å². The summed E-state index contributed by atoms with van der Waals surface area (Å²) in [7, 11) is 0. The van der Waals surface area contributed by atoms with E-state index in [-0.39, 0.29) is 34.9 Å². The standard InChI is InChI=1S/C25H24ClNO4/c1-17-11-13-19(14-12-17)15-27(18(2)20-7-4-3-5-8-20)23(28)16-31-24-21(25(29)30)9-6-10-22(24)26/h3-14,18H,15-16H2,1-2H3,(H,29,30)/t18-/m1/s1. The fourth-order valence-corrected chi connectivity index (χ4v) is 3.51. The van der Waals surface area contributed by atoms with Crippen molar-refractivity contribution in [3.05, 3.63) is 100 Å². The van der Waals surface area contributed by atoms with Crippen molar-refractivity contribution < 1.29 is 19.4 Å². The van der Waals surface area contributed by atoms with E-state index in [1.807, 2.05) is 68.4 Å². The summed E-state index contributed by atoms with van der Waals surface area (Å²) >= 11 is 6.13. The lowest BCUT2D eigenvalue weighted by molar-refractivity contribution is -0.136. The summed E-state index contributed by atoms with van der Waals surface area (Å²) in [5, 5.41) is 9.53. The summed E-state index contributed by atoms with van der Waals surface area (Å²) < 4.78 is 5.61. The molecule has 31 heavy (non-hydrogen) atoms. The second-order valence-corrected chi connectivity index (χ2v) is 7.71. The van der Waals surface area contributed by atoms with Crippen LogP contribution in [0.3, 0.4) is 0 Å². The van der Waals surface area contributed by atoms with E-state index in [9.17, 15) is 14.7 Å². The molecule has 6 heteroatoms. The highest BCUT2D eigenvalue weighted by Crippen LogP contribution is 2.29. The van der Waals surface area contributed by atoms with Gasteiger partial charge in [0.1, 0.15) is 5.56 Å². The molecule has 0 fully saturated rings. The van der Waals surface area contributed by atoms with Gasteiger partial charge in [0, 0.05) is 6.54 Å². The topological polar surface area (TPSA) is 66.8 Å². The van der Waals surface area contributed by atoms with E-state index in [2.05, 4.69) is 0 Å². The summed E-state index contributed by atoms with van der Waals surface area (Å²) in [6.45, 7) is 4.04. The minimum atomic E-state index is -1.17. The average Bonchev–Trinajstić information content (AvgIpc) is 2.77. The molecule has 0 aliphatic heterocycles. The molecule has 0 saturated carbocycles. The summed E-state index contributed by atoms with van der Waals surface area (Å²) in [5.74, 6) is -1.44. The van der Waals surface area contributed by atoms with Crippen LogP contribution in [-0.4, -0.2) is 28.5 Å². The monoisotopic (exact) mass is 437 g/mol. The Kier molecular flexibility index (Phi) is 7.32. The van der Waals surface area contributed by atoms with Gasteiger partial charge in [-0.05, 0) is 37.1 Å². The first-order valence-electron chi connectivity index (χ1n) is 9.91. The number of aromatic carboxylic acids is 1. The van der Waals surface area contributed by atoms with Crippen molar-refractivity contribution in [2.45, 2.75) is 26.4 Å². The first kappa shape index (κ1) is 22.4. The quantitative estimate of drug-likeness (QED) is 0.504. The number of rotatable bonds is 8. The Balaban J connectivity index is 1.84. The number of hydrogen-bond donors (Lipinski definition) is 1. The summed E-state index contributed by atoms with van der Waals surface area (Å²) in [6, 6.07) is 22.0. The second kappa shape index (κ2) is 10.1. The van der Waals surface area contributed by atoms with E-state index >= 15 is 0 Å². The minimum absolute atomic E-state index is 0.00679. The molecule has 1 N–H and O–H groups in total. The molecule has 1 atom stereocenters. The van der Waals surface area contributed by atoms with Crippen LogP contribution >= 0.6 is 11.6 Å². The molecular formula is C25H24ClNO4. The van der Waals surface area contributed by atoms with Gasteiger partial charge >= 0.3 is 5.97 Å². The highest BCUT2D eigenvalue weighted by molar-refractivity contribution is 6.32. The van der Waals surface area contributed by atoms with Crippen LogP contribution in [0.2, 0.25) is 5.02 Å². The Morgan fingerprint density at radius 2 is 1.68 bits per heavy atom. The van der Waals surface area contributed by atoms with Crippen LogP contribution in [0.1, 0.15) is 40.0 Å². The smallest absolute Gasteiger partial charge is 0.339 e. The normalized spacial score (nSPS) is 11.6. The molecule has 0 aromatic heterocycles. The number of carbonyl (C=O) groups excluding carboxylic acids is 1. The van der Waals surface area contributed by atoms with E-state index < -0.39 is 5.97 Å². The number of carboxylic acid groups (broad SMARTS) is 1. The zero-order chi connectivity index (χ0) is 22.4. The van der Waals surface area contributed by atoms with Gasteiger partial charge in [-0.1, -0.05) is 77.8 Å². The molecule has 0 aliphatic rings. The van der Waals surface area contributed by atoms with Crippen LogP contribution in [0, 0.1) is 6.92 Å². The zero-order valence-electron chi connectivity index (χ0n) is 17.4. The van der Waals surface area contributed by atoms with Crippen LogP contribution in [0.5, 0.6) is 5.75 Å². The molecule has 3 rings (SSSR count). The second-order valence-electron chi connectivity index (χ2n) is 7.30. The lowest BCUT2D eigenvalue weighted by Gasteiger charge is -2.30. The molecule has 0 radical (unpaired) electrons. The molecule has 0 saturated heterocycles. The Hall–Kier alpha value is -3.31. The van der Waals surface area contributed by atoms with Gasteiger partial charge in [-0.15, -0.1) is 0 Å². The van der Waals surface area contributed by atoms with Gasteiger partial charge in [-0.25, -0.2) is 4.79 Å². The number of hydrogen-bond acceptors (Lipinski definition) is 3. The molecule has 0 heterocycles. The number of carbonyl (C=O) groups is 2. The largest absolute Gasteiger partial charge is 0.481 e. The molecule has 0 unspecified atom stereocenters. The fraction of sp³-hybridized carbons (Fsp3) is 0.200.